The number of hydrogen-bond acceptors (Lipinski definition) is 3. The van der Waals surface area contributed by atoms with Gasteiger partial charge in [0.1, 0.15) is 11.4 Å². The number of hydrogen-bond donors (Lipinski definition) is 3. The average molecular weight is 299 g/mol. The number of pyridine rings is 1. The van der Waals surface area contributed by atoms with Crippen LogP contribution in [-0.2, 0) is 6.42 Å². The number of carbonyl (C=O) groups is 1. The second kappa shape index (κ2) is 5.85. The summed E-state index contributed by atoms with van der Waals surface area (Å²) in [7, 11) is 0. The van der Waals surface area contributed by atoms with Gasteiger partial charge in [0.2, 0.25) is 5.95 Å². The molecule has 22 heavy (non-hydrogen) atoms. The number of amides is 1. The molecular formula is C16H14FN3O2. The van der Waals surface area contributed by atoms with Crippen LogP contribution < -0.4 is 5.32 Å². The molecule has 0 spiro atoms. The van der Waals surface area contributed by atoms with Crippen molar-refractivity contribution >= 4 is 16.8 Å². The number of nitrogens with one attached hydrogen (secondary N) is 2. The molecule has 0 bridgehead atoms. The highest BCUT2D eigenvalue weighted by Crippen LogP contribution is 2.22. The summed E-state index contributed by atoms with van der Waals surface area (Å²) in [5.74, 6) is -0.900. The van der Waals surface area contributed by atoms with Crippen molar-refractivity contribution in [3.63, 3.8) is 0 Å². The number of rotatable bonds is 4. The van der Waals surface area contributed by atoms with Gasteiger partial charge in [-0.1, -0.05) is 6.07 Å². The summed E-state index contributed by atoms with van der Waals surface area (Å²) >= 11 is 0. The number of H-pyrrole nitrogens is 1. The van der Waals surface area contributed by atoms with Gasteiger partial charge in [0.25, 0.3) is 5.91 Å². The van der Waals surface area contributed by atoms with Gasteiger partial charge in [-0.15, -0.1) is 0 Å². The maximum absolute atomic E-state index is 13.0. The van der Waals surface area contributed by atoms with Gasteiger partial charge in [-0.2, -0.15) is 4.39 Å². The van der Waals surface area contributed by atoms with Gasteiger partial charge < -0.3 is 15.4 Å². The normalized spacial score (nSPS) is 10.8. The Kier molecular flexibility index (Phi) is 3.74. The third-order valence-electron chi connectivity index (χ3n) is 3.38. The minimum absolute atomic E-state index is 0.0524. The first-order valence-electron chi connectivity index (χ1n) is 6.83. The van der Waals surface area contributed by atoms with E-state index in [0.29, 0.717) is 13.0 Å². The van der Waals surface area contributed by atoms with Gasteiger partial charge in [-0.3, -0.25) is 4.79 Å². The lowest BCUT2D eigenvalue weighted by molar-refractivity contribution is 0.0948. The van der Waals surface area contributed by atoms with Crippen molar-refractivity contribution in [1.29, 1.82) is 0 Å². The van der Waals surface area contributed by atoms with Gasteiger partial charge >= 0.3 is 0 Å². The van der Waals surface area contributed by atoms with Crippen molar-refractivity contribution in [2.75, 3.05) is 6.54 Å². The van der Waals surface area contributed by atoms with Crippen molar-refractivity contribution < 1.29 is 14.3 Å². The van der Waals surface area contributed by atoms with Crippen molar-refractivity contribution in [3.8, 4) is 5.75 Å². The molecule has 0 atom stereocenters. The molecule has 1 aromatic carbocycles. The Morgan fingerprint density at radius 2 is 2.18 bits per heavy atom. The average Bonchev–Trinajstić information content (AvgIpc) is 2.89. The molecule has 3 aromatic rings. The van der Waals surface area contributed by atoms with E-state index < -0.39 is 11.9 Å². The number of nitrogens with zero attached hydrogens (tertiary/aromatic N) is 1. The molecule has 3 N–H and O–H groups in total. The monoisotopic (exact) mass is 299 g/mol. The van der Waals surface area contributed by atoms with Crippen molar-refractivity contribution in [1.82, 2.24) is 15.3 Å². The van der Waals surface area contributed by atoms with E-state index in [-0.39, 0.29) is 11.4 Å². The Hall–Kier alpha value is -2.89. The molecule has 6 heteroatoms. The smallest absolute Gasteiger partial charge is 0.270 e. The number of halogens is 1. The number of phenols is 1. The maximum Gasteiger partial charge on any atom is 0.270 e. The summed E-state index contributed by atoms with van der Waals surface area (Å²) in [6, 6.07) is 9.18. The molecule has 2 heterocycles. The summed E-state index contributed by atoms with van der Waals surface area (Å²) < 4.78 is 13.0. The van der Waals surface area contributed by atoms with E-state index in [1.807, 2.05) is 6.20 Å². The lowest BCUT2D eigenvalue weighted by atomic mass is 10.1. The fraction of sp³-hybridized carbons (Fsp3) is 0.125. The molecule has 5 nitrogen and oxygen atoms in total. The van der Waals surface area contributed by atoms with E-state index in [2.05, 4.69) is 15.3 Å². The van der Waals surface area contributed by atoms with E-state index in [1.165, 1.54) is 18.2 Å². The number of aromatic hydroxyl groups is 1. The summed E-state index contributed by atoms with van der Waals surface area (Å²) in [6.07, 6.45) is 2.43. The molecule has 2 aromatic heterocycles. The molecule has 0 aliphatic heterocycles. The highest BCUT2D eigenvalue weighted by Gasteiger charge is 2.09. The van der Waals surface area contributed by atoms with Crippen molar-refractivity contribution in [3.05, 3.63) is 59.8 Å². The zero-order valence-electron chi connectivity index (χ0n) is 11.6. The number of benzene rings is 1. The lowest BCUT2D eigenvalue weighted by Crippen LogP contribution is -2.26. The standard InChI is InChI=1S/C16H14FN3O2/c17-15-3-1-2-14(20-15)16(22)18-7-6-10-9-19-13-5-4-11(21)8-12(10)13/h1-5,8-9,19,21H,6-7H2,(H,18,22). The third kappa shape index (κ3) is 2.90. The van der Waals surface area contributed by atoms with Gasteiger partial charge in [0, 0.05) is 23.6 Å². The Morgan fingerprint density at radius 1 is 1.32 bits per heavy atom. The summed E-state index contributed by atoms with van der Waals surface area (Å²) in [6.45, 7) is 0.389. The van der Waals surface area contributed by atoms with E-state index >= 15 is 0 Å². The highest BCUT2D eigenvalue weighted by atomic mass is 19.1. The predicted molar refractivity (Wildman–Crippen MR) is 80.2 cm³/mol. The van der Waals surface area contributed by atoms with E-state index in [4.69, 9.17) is 0 Å². The van der Waals surface area contributed by atoms with Crippen molar-refractivity contribution in [2.45, 2.75) is 6.42 Å². The van der Waals surface area contributed by atoms with Crippen LogP contribution in [0.15, 0.2) is 42.6 Å². The van der Waals surface area contributed by atoms with Gasteiger partial charge in [0.05, 0.1) is 0 Å². The minimum atomic E-state index is -0.681. The Morgan fingerprint density at radius 3 is 3.00 bits per heavy atom. The highest BCUT2D eigenvalue weighted by molar-refractivity contribution is 5.92. The van der Waals surface area contributed by atoms with Crippen molar-refractivity contribution in [2.24, 2.45) is 0 Å². The molecule has 0 unspecified atom stereocenters. The fourth-order valence-corrected chi connectivity index (χ4v) is 2.31. The minimum Gasteiger partial charge on any atom is -0.508 e. The largest absolute Gasteiger partial charge is 0.508 e. The Balaban J connectivity index is 1.65. The summed E-state index contributed by atoms with van der Waals surface area (Å²) in [4.78, 5) is 18.5. The molecule has 0 saturated carbocycles. The SMILES string of the molecule is O=C(NCCc1c[nH]c2ccc(O)cc12)c1cccc(F)n1. The van der Waals surface area contributed by atoms with Crippen LogP contribution in [-0.4, -0.2) is 27.5 Å². The molecule has 0 radical (unpaired) electrons. The fourth-order valence-electron chi connectivity index (χ4n) is 2.31. The molecule has 112 valence electrons. The number of aromatic nitrogens is 2. The van der Waals surface area contributed by atoms with Crippen LogP contribution in [0.2, 0.25) is 0 Å². The van der Waals surface area contributed by atoms with Crippen LogP contribution >= 0.6 is 0 Å². The summed E-state index contributed by atoms with van der Waals surface area (Å²) in [5.41, 5.74) is 1.96. The molecule has 0 aliphatic rings. The molecule has 3 rings (SSSR count). The van der Waals surface area contributed by atoms with Gasteiger partial charge in [-0.05, 0) is 42.3 Å². The zero-order valence-corrected chi connectivity index (χ0v) is 11.6. The van der Waals surface area contributed by atoms with Gasteiger partial charge in [-0.25, -0.2) is 4.98 Å². The molecule has 0 saturated heterocycles. The molecule has 1 amide bonds. The first-order valence-corrected chi connectivity index (χ1v) is 6.83. The zero-order chi connectivity index (χ0) is 15.5. The van der Waals surface area contributed by atoms with Crippen LogP contribution in [0.3, 0.4) is 0 Å². The summed E-state index contributed by atoms with van der Waals surface area (Å²) in [5, 5.41) is 13.1. The Labute approximate surface area is 125 Å². The molecule has 0 fully saturated rings. The number of carbonyl (C=O) groups excluding carboxylic acids is 1. The number of aromatic amines is 1. The Bertz CT molecular complexity index is 829. The topological polar surface area (TPSA) is 78.0 Å². The quantitative estimate of drug-likeness (QED) is 0.647. The van der Waals surface area contributed by atoms with Crippen LogP contribution in [0.4, 0.5) is 4.39 Å². The first kappa shape index (κ1) is 14.1. The van der Waals surface area contributed by atoms with Crippen LogP contribution in [0, 0.1) is 5.95 Å². The number of phenolic OH excluding ortho intramolecular Hbond substituents is 1. The predicted octanol–water partition coefficient (Wildman–Crippen LogP) is 2.38. The first-order chi connectivity index (χ1) is 10.6. The van der Waals surface area contributed by atoms with E-state index in [0.717, 1.165) is 16.5 Å². The van der Waals surface area contributed by atoms with E-state index in [9.17, 15) is 14.3 Å². The lowest BCUT2D eigenvalue weighted by Gasteiger charge is -2.04. The molecule has 0 aliphatic carbocycles. The van der Waals surface area contributed by atoms with Gasteiger partial charge in [0.15, 0.2) is 0 Å². The maximum atomic E-state index is 13.0. The van der Waals surface area contributed by atoms with Crippen LogP contribution in [0.25, 0.3) is 10.9 Å². The molecular weight excluding hydrogens is 285 g/mol. The van der Waals surface area contributed by atoms with Crippen LogP contribution in [0.5, 0.6) is 5.75 Å². The third-order valence-corrected chi connectivity index (χ3v) is 3.38. The number of fused-ring (bicyclic) bond motifs is 1. The van der Waals surface area contributed by atoms with Crippen LogP contribution in [0.1, 0.15) is 16.1 Å². The second-order valence-electron chi connectivity index (χ2n) is 4.90. The second-order valence-corrected chi connectivity index (χ2v) is 4.90. The van der Waals surface area contributed by atoms with E-state index in [1.54, 1.807) is 18.2 Å².